The molecule has 0 N–H and O–H groups in total. The second-order valence-electron chi connectivity index (χ2n) is 5.97. The van der Waals surface area contributed by atoms with Crippen LogP contribution in [0.4, 0.5) is 5.13 Å². The van der Waals surface area contributed by atoms with Gasteiger partial charge < -0.3 is 4.90 Å². The largest absolute Gasteiger partial charge is 0.324 e. The van der Waals surface area contributed by atoms with E-state index in [9.17, 15) is 9.59 Å². The quantitative estimate of drug-likeness (QED) is 0.723. The van der Waals surface area contributed by atoms with E-state index in [0.29, 0.717) is 23.7 Å². The first-order chi connectivity index (χ1) is 12.2. The number of rotatable bonds is 4. The molecule has 4 rings (SSSR count). The average Bonchev–Trinajstić information content (AvgIpc) is 3.25. The zero-order valence-electron chi connectivity index (χ0n) is 13.6. The number of hydrogen-bond donors (Lipinski definition) is 0. The van der Waals surface area contributed by atoms with Crippen LogP contribution in [0.1, 0.15) is 23.2 Å². The number of carbonyl (C=O) groups excluding carboxylic acids is 2. The van der Waals surface area contributed by atoms with Crippen molar-refractivity contribution in [2.75, 3.05) is 18.1 Å². The monoisotopic (exact) mass is 351 g/mol. The number of para-hydroxylation sites is 1. The van der Waals surface area contributed by atoms with Gasteiger partial charge in [0.1, 0.15) is 6.67 Å². The lowest BCUT2D eigenvalue weighted by atomic mass is 10.2. The molecule has 1 saturated heterocycles. The molecule has 0 bridgehead atoms. The third-order valence-electron chi connectivity index (χ3n) is 4.26. The van der Waals surface area contributed by atoms with Crippen molar-refractivity contribution in [1.29, 1.82) is 0 Å². The number of carbonyl (C=O) groups is 2. The summed E-state index contributed by atoms with van der Waals surface area (Å²) in [5.41, 5.74) is 1.45. The number of nitrogens with zero attached hydrogens (tertiary/aromatic N) is 3. The van der Waals surface area contributed by atoms with E-state index >= 15 is 0 Å². The number of benzene rings is 2. The van der Waals surface area contributed by atoms with Crippen molar-refractivity contribution in [2.45, 2.75) is 12.8 Å². The number of anilines is 1. The highest BCUT2D eigenvalue weighted by atomic mass is 32.1. The average molecular weight is 351 g/mol. The van der Waals surface area contributed by atoms with Gasteiger partial charge in [-0.05, 0) is 30.7 Å². The van der Waals surface area contributed by atoms with Gasteiger partial charge in [-0.15, -0.1) is 0 Å². The van der Waals surface area contributed by atoms with E-state index in [-0.39, 0.29) is 18.5 Å². The molecular formula is C19H17N3O2S. The van der Waals surface area contributed by atoms with Crippen LogP contribution in [0.2, 0.25) is 0 Å². The van der Waals surface area contributed by atoms with Crippen molar-refractivity contribution in [2.24, 2.45) is 0 Å². The van der Waals surface area contributed by atoms with Gasteiger partial charge in [-0.25, -0.2) is 4.98 Å². The van der Waals surface area contributed by atoms with Crippen molar-refractivity contribution < 1.29 is 9.59 Å². The molecule has 1 aliphatic rings. The van der Waals surface area contributed by atoms with Crippen LogP contribution in [0.5, 0.6) is 0 Å². The molecule has 5 nitrogen and oxygen atoms in total. The standard InChI is InChI=1S/C19H17N3O2S/c23-17-11-6-12-21(17)13-22(18(24)14-7-2-1-3-8-14)19-20-15-9-4-5-10-16(15)25-19/h1-5,7-10H,6,11-13H2. The molecule has 1 fully saturated rings. The second kappa shape index (κ2) is 6.64. The summed E-state index contributed by atoms with van der Waals surface area (Å²) < 4.78 is 1.02. The van der Waals surface area contributed by atoms with Crippen molar-refractivity contribution in [1.82, 2.24) is 9.88 Å². The van der Waals surface area contributed by atoms with Crippen molar-refractivity contribution >= 4 is 38.5 Å². The molecule has 0 atom stereocenters. The van der Waals surface area contributed by atoms with Crippen LogP contribution < -0.4 is 4.90 Å². The third kappa shape index (κ3) is 3.13. The summed E-state index contributed by atoms with van der Waals surface area (Å²) in [5, 5.41) is 0.620. The van der Waals surface area contributed by atoms with Gasteiger partial charge in [0.25, 0.3) is 5.91 Å². The third-order valence-corrected chi connectivity index (χ3v) is 5.32. The second-order valence-corrected chi connectivity index (χ2v) is 6.97. The van der Waals surface area contributed by atoms with Crippen molar-refractivity contribution in [3.63, 3.8) is 0 Å². The molecule has 2 amide bonds. The topological polar surface area (TPSA) is 53.5 Å². The van der Waals surface area contributed by atoms with Crippen LogP contribution in [0, 0.1) is 0 Å². The van der Waals surface area contributed by atoms with Crippen LogP contribution in [0.3, 0.4) is 0 Å². The first-order valence-corrected chi connectivity index (χ1v) is 9.04. The summed E-state index contributed by atoms with van der Waals surface area (Å²) in [7, 11) is 0. The number of aromatic nitrogens is 1. The maximum atomic E-state index is 13.1. The number of thiazole rings is 1. The van der Waals surface area contributed by atoms with Gasteiger partial charge in [0, 0.05) is 18.5 Å². The van der Waals surface area contributed by atoms with Gasteiger partial charge in [-0.1, -0.05) is 41.7 Å². The Morgan fingerprint density at radius 3 is 2.60 bits per heavy atom. The molecule has 25 heavy (non-hydrogen) atoms. The molecule has 2 aromatic carbocycles. The zero-order chi connectivity index (χ0) is 17.2. The predicted molar refractivity (Wildman–Crippen MR) is 98.7 cm³/mol. The highest BCUT2D eigenvalue weighted by molar-refractivity contribution is 7.22. The summed E-state index contributed by atoms with van der Waals surface area (Å²) in [5.74, 6) is -0.0497. The molecule has 0 unspecified atom stereocenters. The summed E-state index contributed by atoms with van der Waals surface area (Å²) in [6, 6.07) is 16.9. The Kier molecular flexibility index (Phi) is 4.19. The summed E-state index contributed by atoms with van der Waals surface area (Å²) in [6.45, 7) is 0.925. The van der Waals surface area contributed by atoms with Crippen LogP contribution in [0.25, 0.3) is 10.2 Å². The molecular weight excluding hydrogens is 334 g/mol. The summed E-state index contributed by atoms with van der Waals surface area (Å²) in [4.78, 5) is 33.1. The van der Waals surface area contributed by atoms with E-state index in [1.807, 2.05) is 42.5 Å². The lowest BCUT2D eigenvalue weighted by molar-refractivity contribution is -0.127. The minimum atomic E-state index is -0.139. The van der Waals surface area contributed by atoms with Gasteiger partial charge in [-0.2, -0.15) is 0 Å². The van der Waals surface area contributed by atoms with Crippen LogP contribution in [0.15, 0.2) is 54.6 Å². The van der Waals surface area contributed by atoms with E-state index in [1.54, 1.807) is 21.9 Å². The molecule has 6 heteroatoms. The van der Waals surface area contributed by atoms with E-state index in [0.717, 1.165) is 16.6 Å². The Hall–Kier alpha value is -2.73. The lowest BCUT2D eigenvalue weighted by Gasteiger charge is -2.26. The summed E-state index contributed by atoms with van der Waals surface area (Å²) in [6.07, 6.45) is 1.39. The van der Waals surface area contributed by atoms with E-state index in [4.69, 9.17) is 0 Å². The highest BCUT2D eigenvalue weighted by Crippen LogP contribution is 2.30. The fraction of sp³-hybridized carbons (Fsp3) is 0.211. The zero-order valence-corrected chi connectivity index (χ0v) is 14.4. The number of hydrogen-bond acceptors (Lipinski definition) is 4. The van der Waals surface area contributed by atoms with E-state index < -0.39 is 0 Å². The smallest absolute Gasteiger partial charge is 0.261 e. The normalized spacial score (nSPS) is 14.2. The Balaban J connectivity index is 1.72. The molecule has 126 valence electrons. The summed E-state index contributed by atoms with van der Waals surface area (Å²) >= 11 is 1.47. The fourth-order valence-electron chi connectivity index (χ4n) is 2.95. The number of amides is 2. The molecule has 3 aromatic rings. The Labute approximate surface area is 149 Å². The minimum absolute atomic E-state index is 0.0898. The van der Waals surface area contributed by atoms with E-state index in [2.05, 4.69) is 4.98 Å². The number of likely N-dealkylation sites (tertiary alicyclic amines) is 1. The van der Waals surface area contributed by atoms with Crippen molar-refractivity contribution in [3.05, 3.63) is 60.2 Å². The first kappa shape index (κ1) is 15.8. The maximum absolute atomic E-state index is 13.1. The lowest BCUT2D eigenvalue weighted by Crippen LogP contribution is -2.42. The fourth-order valence-corrected chi connectivity index (χ4v) is 3.90. The van der Waals surface area contributed by atoms with Crippen LogP contribution in [-0.4, -0.2) is 34.9 Å². The van der Waals surface area contributed by atoms with E-state index in [1.165, 1.54) is 11.3 Å². The van der Waals surface area contributed by atoms with Gasteiger partial charge in [0.2, 0.25) is 5.91 Å². The molecule has 0 radical (unpaired) electrons. The SMILES string of the molecule is O=C1CCCN1CN(C(=O)c1ccccc1)c1nc2ccccc2s1. The van der Waals surface area contributed by atoms with Crippen LogP contribution >= 0.6 is 11.3 Å². The Morgan fingerprint density at radius 1 is 1.12 bits per heavy atom. The molecule has 2 heterocycles. The Morgan fingerprint density at radius 2 is 1.88 bits per heavy atom. The van der Waals surface area contributed by atoms with Crippen molar-refractivity contribution in [3.8, 4) is 0 Å². The highest BCUT2D eigenvalue weighted by Gasteiger charge is 2.28. The molecule has 0 aliphatic carbocycles. The molecule has 0 spiro atoms. The maximum Gasteiger partial charge on any atom is 0.261 e. The predicted octanol–water partition coefficient (Wildman–Crippen LogP) is 3.52. The van der Waals surface area contributed by atoms with Gasteiger partial charge >= 0.3 is 0 Å². The molecule has 1 aromatic heterocycles. The number of fused-ring (bicyclic) bond motifs is 1. The Bertz CT molecular complexity index is 890. The first-order valence-electron chi connectivity index (χ1n) is 8.22. The van der Waals surface area contributed by atoms with Gasteiger partial charge in [0.05, 0.1) is 10.2 Å². The minimum Gasteiger partial charge on any atom is -0.324 e. The molecule has 0 saturated carbocycles. The van der Waals surface area contributed by atoms with Crippen LogP contribution in [-0.2, 0) is 4.79 Å². The van der Waals surface area contributed by atoms with Gasteiger partial charge in [0.15, 0.2) is 5.13 Å². The van der Waals surface area contributed by atoms with Gasteiger partial charge in [-0.3, -0.25) is 14.5 Å². The molecule has 1 aliphatic heterocycles.